The second-order valence-electron chi connectivity index (χ2n) is 4.90. The molecule has 0 saturated heterocycles. The molecular weight excluding hydrogens is 292 g/mol. The molecular formula is C15H17ClN2O3. The third-order valence-electron chi connectivity index (χ3n) is 3.00. The molecule has 1 heterocycles. The molecule has 6 heteroatoms. The number of methoxy groups -OCH3 is 1. The van der Waals surface area contributed by atoms with Gasteiger partial charge in [0.15, 0.2) is 5.76 Å². The molecule has 0 spiro atoms. The summed E-state index contributed by atoms with van der Waals surface area (Å²) >= 11 is 5.87. The lowest BCUT2D eigenvalue weighted by Crippen LogP contribution is -2.23. The number of hydrogen-bond donors (Lipinski definition) is 1. The monoisotopic (exact) mass is 308 g/mol. The number of nitrogens with zero attached hydrogens (tertiary/aromatic N) is 1. The van der Waals surface area contributed by atoms with Crippen LogP contribution in [0.4, 0.5) is 0 Å². The quantitative estimate of drug-likeness (QED) is 0.919. The van der Waals surface area contributed by atoms with Crippen molar-refractivity contribution in [3.05, 3.63) is 46.3 Å². The molecule has 0 aliphatic heterocycles. The van der Waals surface area contributed by atoms with Crippen molar-refractivity contribution >= 4 is 17.5 Å². The van der Waals surface area contributed by atoms with Crippen molar-refractivity contribution in [3.8, 4) is 5.75 Å². The van der Waals surface area contributed by atoms with Gasteiger partial charge in [0.1, 0.15) is 5.75 Å². The topological polar surface area (TPSA) is 64.4 Å². The molecule has 0 unspecified atom stereocenters. The standard InChI is InChI=1S/C15H17ClN2O3/c1-9(2)13-7-11(21-18-13)8-17-15(19)12-5-4-10(16)6-14(12)20-3/h4-7,9H,8H2,1-3H3,(H,17,19). The van der Waals surface area contributed by atoms with Crippen molar-refractivity contribution in [1.82, 2.24) is 10.5 Å². The SMILES string of the molecule is COc1cc(Cl)ccc1C(=O)NCc1cc(C(C)C)no1. The average molecular weight is 309 g/mol. The highest BCUT2D eigenvalue weighted by Gasteiger charge is 2.14. The minimum atomic E-state index is -0.258. The van der Waals surface area contributed by atoms with E-state index in [1.54, 1.807) is 18.2 Å². The Morgan fingerprint density at radius 1 is 1.43 bits per heavy atom. The first kappa shape index (κ1) is 15.4. The van der Waals surface area contributed by atoms with E-state index >= 15 is 0 Å². The van der Waals surface area contributed by atoms with Gasteiger partial charge in [0, 0.05) is 11.1 Å². The van der Waals surface area contributed by atoms with Gasteiger partial charge in [-0.15, -0.1) is 0 Å². The summed E-state index contributed by atoms with van der Waals surface area (Å²) in [6.07, 6.45) is 0. The van der Waals surface area contributed by atoms with Crippen LogP contribution in [0.25, 0.3) is 0 Å². The zero-order chi connectivity index (χ0) is 15.4. The molecule has 1 aromatic heterocycles. The summed E-state index contributed by atoms with van der Waals surface area (Å²) in [5, 5.41) is 7.22. The lowest BCUT2D eigenvalue weighted by atomic mass is 10.1. The molecule has 0 fully saturated rings. The van der Waals surface area contributed by atoms with Gasteiger partial charge in [0.25, 0.3) is 5.91 Å². The zero-order valence-electron chi connectivity index (χ0n) is 12.1. The maximum Gasteiger partial charge on any atom is 0.255 e. The van der Waals surface area contributed by atoms with Gasteiger partial charge in [0.05, 0.1) is 24.9 Å². The summed E-state index contributed by atoms with van der Waals surface area (Å²) in [5.74, 6) is 1.07. The second kappa shape index (κ2) is 6.63. The van der Waals surface area contributed by atoms with Gasteiger partial charge in [-0.25, -0.2) is 0 Å². The fourth-order valence-electron chi connectivity index (χ4n) is 1.80. The van der Waals surface area contributed by atoms with Crippen molar-refractivity contribution < 1.29 is 14.1 Å². The Balaban J connectivity index is 2.04. The molecule has 0 aliphatic carbocycles. The molecule has 1 N–H and O–H groups in total. The maximum absolute atomic E-state index is 12.2. The Hall–Kier alpha value is -2.01. The number of carbonyl (C=O) groups excluding carboxylic acids is 1. The van der Waals surface area contributed by atoms with E-state index in [9.17, 15) is 4.79 Å². The molecule has 112 valence electrons. The normalized spacial score (nSPS) is 10.7. The highest BCUT2D eigenvalue weighted by Crippen LogP contribution is 2.23. The molecule has 2 rings (SSSR count). The first-order valence-electron chi connectivity index (χ1n) is 6.58. The number of ether oxygens (including phenoxy) is 1. The fraction of sp³-hybridized carbons (Fsp3) is 0.333. The third-order valence-corrected chi connectivity index (χ3v) is 3.24. The van der Waals surface area contributed by atoms with Crippen molar-refractivity contribution in [2.45, 2.75) is 26.3 Å². The number of aromatic nitrogens is 1. The number of hydrogen-bond acceptors (Lipinski definition) is 4. The van der Waals surface area contributed by atoms with E-state index < -0.39 is 0 Å². The molecule has 0 saturated carbocycles. The third kappa shape index (κ3) is 3.76. The van der Waals surface area contributed by atoms with E-state index in [1.807, 2.05) is 19.9 Å². The first-order chi connectivity index (χ1) is 10.0. The van der Waals surface area contributed by atoms with Gasteiger partial charge in [-0.1, -0.05) is 30.6 Å². The molecule has 1 amide bonds. The van der Waals surface area contributed by atoms with E-state index in [2.05, 4.69) is 10.5 Å². The number of amides is 1. The largest absolute Gasteiger partial charge is 0.496 e. The Kier molecular flexibility index (Phi) is 4.85. The van der Waals surface area contributed by atoms with Crippen LogP contribution in [0.5, 0.6) is 5.75 Å². The summed E-state index contributed by atoms with van der Waals surface area (Å²) in [7, 11) is 1.49. The van der Waals surface area contributed by atoms with Crippen LogP contribution in [-0.4, -0.2) is 18.2 Å². The number of nitrogens with one attached hydrogen (secondary N) is 1. The van der Waals surface area contributed by atoms with E-state index in [-0.39, 0.29) is 18.4 Å². The predicted octanol–water partition coefficient (Wildman–Crippen LogP) is 3.39. The molecule has 1 aromatic carbocycles. The Labute approximate surface area is 128 Å². The molecule has 0 bridgehead atoms. The Morgan fingerprint density at radius 2 is 2.19 bits per heavy atom. The van der Waals surface area contributed by atoms with Crippen LogP contribution >= 0.6 is 11.6 Å². The Bertz CT molecular complexity index is 638. The van der Waals surface area contributed by atoms with Crippen molar-refractivity contribution in [2.24, 2.45) is 0 Å². The first-order valence-corrected chi connectivity index (χ1v) is 6.96. The molecule has 5 nitrogen and oxygen atoms in total. The van der Waals surface area contributed by atoms with Crippen LogP contribution in [-0.2, 0) is 6.54 Å². The minimum absolute atomic E-state index is 0.258. The highest BCUT2D eigenvalue weighted by molar-refractivity contribution is 6.30. The fourth-order valence-corrected chi connectivity index (χ4v) is 1.96. The van der Waals surface area contributed by atoms with E-state index in [0.717, 1.165) is 5.69 Å². The van der Waals surface area contributed by atoms with E-state index in [4.69, 9.17) is 20.9 Å². The summed E-state index contributed by atoms with van der Waals surface area (Å²) in [6, 6.07) is 6.70. The summed E-state index contributed by atoms with van der Waals surface area (Å²) in [4.78, 5) is 12.2. The zero-order valence-corrected chi connectivity index (χ0v) is 12.9. The lowest BCUT2D eigenvalue weighted by molar-refractivity contribution is 0.0944. The number of carbonyl (C=O) groups is 1. The molecule has 0 aliphatic rings. The molecule has 0 atom stereocenters. The van der Waals surface area contributed by atoms with Gasteiger partial charge in [-0.2, -0.15) is 0 Å². The maximum atomic E-state index is 12.2. The van der Waals surface area contributed by atoms with Gasteiger partial charge in [0.2, 0.25) is 0 Å². The smallest absolute Gasteiger partial charge is 0.255 e. The lowest BCUT2D eigenvalue weighted by Gasteiger charge is -2.08. The number of benzene rings is 1. The van der Waals surface area contributed by atoms with Crippen molar-refractivity contribution in [3.63, 3.8) is 0 Å². The van der Waals surface area contributed by atoms with Crippen molar-refractivity contribution in [1.29, 1.82) is 0 Å². The summed E-state index contributed by atoms with van der Waals surface area (Å²) in [6.45, 7) is 4.32. The molecule has 0 radical (unpaired) electrons. The van der Waals surface area contributed by atoms with Gasteiger partial charge < -0.3 is 14.6 Å². The summed E-state index contributed by atoms with van der Waals surface area (Å²) < 4.78 is 10.3. The predicted molar refractivity (Wildman–Crippen MR) is 79.8 cm³/mol. The van der Waals surface area contributed by atoms with Gasteiger partial charge >= 0.3 is 0 Å². The minimum Gasteiger partial charge on any atom is -0.496 e. The van der Waals surface area contributed by atoms with Crippen LogP contribution in [0.3, 0.4) is 0 Å². The van der Waals surface area contributed by atoms with Gasteiger partial charge in [-0.05, 0) is 24.1 Å². The molecule has 21 heavy (non-hydrogen) atoms. The molecule has 2 aromatic rings. The van der Waals surface area contributed by atoms with Crippen LogP contribution in [0.2, 0.25) is 5.02 Å². The Morgan fingerprint density at radius 3 is 2.81 bits per heavy atom. The van der Waals surface area contributed by atoms with Crippen LogP contribution < -0.4 is 10.1 Å². The highest BCUT2D eigenvalue weighted by atomic mass is 35.5. The van der Waals surface area contributed by atoms with Crippen molar-refractivity contribution in [2.75, 3.05) is 7.11 Å². The number of halogens is 1. The van der Waals surface area contributed by atoms with Crippen LogP contribution in [0.15, 0.2) is 28.8 Å². The van der Waals surface area contributed by atoms with Gasteiger partial charge in [-0.3, -0.25) is 4.79 Å². The van der Waals surface area contributed by atoms with E-state index in [0.29, 0.717) is 22.1 Å². The van der Waals surface area contributed by atoms with E-state index in [1.165, 1.54) is 7.11 Å². The number of rotatable bonds is 5. The average Bonchev–Trinajstić information content (AvgIpc) is 2.93. The summed E-state index contributed by atoms with van der Waals surface area (Å²) in [5.41, 5.74) is 1.29. The van der Waals surface area contributed by atoms with Crippen LogP contribution in [0, 0.1) is 0 Å². The van der Waals surface area contributed by atoms with Crippen LogP contribution in [0.1, 0.15) is 41.6 Å². The second-order valence-corrected chi connectivity index (χ2v) is 5.34.